The van der Waals surface area contributed by atoms with Gasteiger partial charge in [0.1, 0.15) is 17.5 Å². The van der Waals surface area contributed by atoms with E-state index in [0.717, 1.165) is 11.1 Å². The number of carbonyl (C=O) groups is 1. The zero-order valence-electron chi connectivity index (χ0n) is 19.2. The number of rotatable bonds is 10. The van der Waals surface area contributed by atoms with Gasteiger partial charge in [-0.1, -0.05) is 48.0 Å². The first kappa shape index (κ1) is 25.6. The van der Waals surface area contributed by atoms with Crippen molar-refractivity contribution < 1.29 is 22.7 Å². The minimum absolute atomic E-state index is 0.0695. The molecule has 34 heavy (non-hydrogen) atoms. The molecule has 3 aromatic rings. The van der Waals surface area contributed by atoms with Crippen molar-refractivity contribution in [3.8, 4) is 11.5 Å². The van der Waals surface area contributed by atoms with Gasteiger partial charge in [-0.15, -0.1) is 0 Å². The van der Waals surface area contributed by atoms with E-state index in [1.54, 1.807) is 19.1 Å². The van der Waals surface area contributed by atoms with Crippen molar-refractivity contribution in [1.29, 1.82) is 0 Å². The van der Waals surface area contributed by atoms with Crippen molar-refractivity contribution in [2.24, 2.45) is 0 Å². The van der Waals surface area contributed by atoms with Crippen LogP contribution in [0.5, 0.6) is 11.5 Å². The monoisotopic (exact) mass is 502 g/mol. The van der Waals surface area contributed by atoms with Gasteiger partial charge < -0.3 is 14.8 Å². The Balaban J connectivity index is 1.90. The Hall–Kier alpha value is -3.07. The van der Waals surface area contributed by atoms with Gasteiger partial charge in [-0.05, 0) is 61.7 Å². The number of carbonyl (C=O) groups excluding carboxylic acids is 1. The lowest BCUT2D eigenvalue weighted by atomic mass is 10.1. The summed E-state index contributed by atoms with van der Waals surface area (Å²) in [7, 11) is -2.58. The molecule has 0 aliphatic heterocycles. The molecule has 1 amide bonds. The number of amides is 1. The average Bonchev–Trinajstić information content (AvgIpc) is 2.80. The van der Waals surface area contributed by atoms with Gasteiger partial charge in [0, 0.05) is 0 Å². The summed E-state index contributed by atoms with van der Waals surface area (Å²) in [5, 5.41) is 2.96. The number of anilines is 1. The number of ether oxygens (including phenoxy) is 2. The molecule has 0 unspecified atom stereocenters. The van der Waals surface area contributed by atoms with Gasteiger partial charge in [-0.2, -0.15) is 4.72 Å². The molecule has 2 N–H and O–H groups in total. The first-order chi connectivity index (χ1) is 16.2. The molecule has 0 fully saturated rings. The fraction of sp³-hybridized carbons (Fsp3) is 0.240. The molecule has 0 heterocycles. The highest BCUT2D eigenvalue weighted by Crippen LogP contribution is 2.28. The van der Waals surface area contributed by atoms with Crippen LogP contribution in [0.1, 0.15) is 18.1 Å². The van der Waals surface area contributed by atoms with Gasteiger partial charge in [0.25, 0.3) is 0 Å². The zero-order chi connectivity index (χ0) is 24.7. The summed E-state index contributed by atoms with van der Waals surface area (Å²) < 4.78 is 39.6. The second kappa shape index (κ2) is 11.4. The number of halogens is 1. The molecule has 0 aromatic heterocycles. The maximum atomic E-state index is 13.3. The van der Waals surface area contributed by atoms with Crippen LogP contribution in [0.2, 0.25) is 5.02 Å². The highest BCUT2D eigenvalue weighted by molar-refractivity contribution is 7.89. The van der Waals surface area contributed by atoms with Crippen LogP contribution >= 0.6 is 11.6 Å². The van der Waals surface area contributed by atoms with Crippen molar-refractivity contribution in [3.63, 3.8) is 0 Å². The fourth-order valence-electron chi connectivity index (χ4n) is 3.35. The molecule has 0 spiro atoms. The Bertz CT molecular complexity index is 1250. The zero-order valence-corrected chi connectivity index (χ0v) is 20.7. The third kappa shape index (κ3) is 6.50. The number of aryl methyl sites for hydroxylation is 1. The lowest BCUT2D eigenvalue weighted by molar-refractivity contribution is -0.117. The molecular formula is C25H27ClN2O5S. The van der Waals surface area contributed by atoms with E-state index in [1.165, 1.54) is 25.3 Å². The summed E-state index contributed by atoms with van der Waals surface area (Å²) in [6.07, 6.45) is 0.144. The molecule has 3 aromatic carbocycles. The maximum absolute atomic E-state index is 13.3. The third-order valence-electron chi connectivity index (χ3n) is 5.02. The van der Waals surface area contributed by atoms with Crippen LogP contribution in [-0.2, 0) is 21.2 Å². The molecule has 3 rings (SSSR count). The Morgan fingerprint density at radius 3 is 2.38 bits per heavy atom. The summed E-state index contributed by atoms with van der Waals surface area (Å²) in [6.45, 7) is 4.08. The molecule has 9 heteroatoms. The minimum atomic E-state index is -4.08. The Kier molecular flexibility index (Phi) is 8.55. The van der Waals surface area contributed by atoms with Gasteiger partial charge in [0.15, 0.2) is 0 Å². The van der Waals surface area contributed by atoms with Crippen LogP contribution in [0.4, 0.5) is 5.69 Å². The molecule has 0 bridgehead atoms. The van der Waals surface area contributed by atoms with E-state index in [4.69, 9.17) is 21.1 Å². The molecule has 0 aliphatic carbocycles. The Morgan fingerprint density at radius 1 is 1.03 bits per heavy atom. The van der Waals surface area contributed by atoms with E-state index in [-0.39, 0.29) is 16.3 Å². The van der Waals surface area contributed by atoms with Crippen molar-refractivity contribution >= 4 is 33.2 Å². The quantitative estimate of drug-likeness (QED) is 0.423. The third-order valence-corrected chi connectivity index (χ3v) is 6.79. The number of hydrogen-bond donors (Lipinski definition) is 2. The highest BCUT2D eigenvalue weighted by atomic mass is 35.5. The first-order valence-corrected chi connectivity index (χ1v) is 12.5. The van der Waals surface area contributed by atoms with Crippen LogP contribution in [0.3, 0.4) is 0 Å². The maximum Gasteiger partial charge on any atom is 0.243 e. The molecule has 180 valence electrons. The van der Waals surface area contributed by atoms with Crippen LogP contribution in [-0.4, -0.2) is 34.1 Å². The first-order valence-electron chi connectivity index (χ1n) is 10.7. The molecule has 1 atom stereocenters. The fourth-order valence-corrected chi connectivity index (χ4v) is 4.87. The molecule has 7 nitrogen and oxygen atoms in total. The van der Waals surface area contributed by atoms with E-state index in [9.17, 15) is 13.2 Å². The Labute approximate surface area is 205 Å². The Morgan fingerprint density at radius 2 is 1.74 bits per heavy atom. The number of methoxy groups -OCH3 is 1. The van der Waals surface area contributed by atoms with E-state index < -0.39 is 22.0 Å². The number of hydrogen-bond acceptors (Lipinski definition) is 5. The summed E-state index contributed by atoms with van der Waals surface area (Å²) in [6, 6.07) is 17.6. The SMILES string of the molecule is CCOc1ccc(S(=O)(=O)N[C@@H](Cc2ccccc2)C(=O)Nc2cc(C)ccc2OC)cc1Cl. The molecule has 0 aliphatic rings. The van der Waals surface area contributed by atoms with E-state index >= 15 is 0 Å². The average molecular weight is 503 g/mol. The van der Waals surface area contributed by atoms with Crippen LogP contribution in [0.15, 0.2) is 71.6 Å². The topological polar surface area (TPSA) is 93.7 Å². The summed E-state index contributed by atoms with van der Waals surface area (Å²) >= 11 is 6.19. The summed E-state index contributed by atoms with van der Waals surface area (Å²) in [5.41, 5.74) is 2.17. The van der Waals surface area contributed by atoms with E-state index in [0.29, 0.717) is 23.8 Å². The van der Waals surface area contributed by atoms with Crippen LogP contribution in [0.25, 0.3) is 0 Å². The molecule has 0 radical (unpaired) electrons. The smallest absolute Gasteiger partial charge is 0.243 e. The van der Waals surface area contributed by atoms with E-state index in [1.807, 2.05) is 43.3 Å². The van der Waals surface area contributed by atoms with Crippen molar-refractivity contribution in [2.45, 2.75) is 31.2 Å². The van der Waals surface area contributed by atoms with Gasteiger partial charge >= 0.3 is 0 Å². The van der Waals surface area contributed by atoms with Crippen molar-refractivity contribution in [3.05, 3.63) is 82.9 Å². The molecular weight excluding hydrogens is 476 g/mol. The number of nitrogens with one attached hydrogen (secondary N) is 2. The summed E-state index contributed by atoms with van der Waals surface area (Å²) in [5.74, 6) is 0.333. The van der Waals surface area contributed by atoms with E-state index in [2.05, 4.69) is 10.0 Å². The normalized spacial score (nSPS) is 12.1. The largest absolute Gasteiger partial charge is 0.495 e. The van der Waals surface area contributed by atoms with Crippen molar-refractivity contribution in [1.82, 2.24) is 4.72 Å². The standard InChI is InChI=1S/C25H27ClN2O5S/c1-4-33-23-13-11-19(16-20(23)26)34(30,31)28-22(15-18-8-6-5-7-9-18)25(29)27-21-14-17(2)10-12-24(21)32-3/h5-14,16,22,28H,4,15H2,1-3H3,(H,27,29)/t22-/m0/s1. The number of sulfonamides is 1. The lowest BCUT2D eigenvalue weighted by Gasteiger charge is -2.20. The van der Waals surface area contributed by atoms with Crippen molar-refractivity contribution in [2.75, 3.05) is 19.0 Å². The molecule has 0 saturated heterocycles. The highest BCUT2D eigenvalue weighted by Gasteiger charge is 2.27. The van der Waals surface area contributed by atoms with Crippen LogP contribution < -0.4 is 19.5 Å². The molecule has 0 saturated carbocycles. The number of benzene rings is 3. The predicted octanol–water partition coefficient (Wildman–Crippen LogP) is 4.58. The van der Waals surface area contributed by atoms with Gasteiger partial charge in [0.2, 0.25) is 15.9 Å². The predicted molar refractivity (Wildman–Crippen MR) is 133 cm³/mol. The van der Waals surface area contributed by atoms with Gasteiger partial charge in [0.05, 0.1) is 29.3 Å². The lowest BCUT2D eigenvalue weighted by Crippen LogP contribution is -2.45. The van der Waals surface area contributed by atoms with Gasteiger partial charge in [-0.25, -0.2) is 8.42 Å². The minimum Gasteiger partial charge on any atom is -0.495 e. The second-order valence-electron chi connectivity index (χ2n) is 7.58. The second-order valence-corrected chi connectivity index (χ2v) is 9.70. The van der Waals surface area contributed by atoms with Gasteiger partial charge in [-0.3, -0.25) is 4.79 Å². The summed E-state index contributed by atoms with van der Waals surface area (Å²) in [4.78, 5) is 13.2. The van der Waals surface area contributed by atoms with Crippen LogP contribution in [0, 0.1) is 6.92 Å².